The maximum atomic E-state index is 10.1. The molecule has 0 amide bonds. The van der Waals surface area contributed by atoms with E-state index < -0.39 is 5.60 Å². The highest BCUT2D eigenvalue weighted by Crippen LogP contribution is 2.20. The largest absolute Gasteiger partial charge is 0.489 e. The molecule has 4 nitrogen and oxygen atoms in total. The van der Waals surface area contributed by atoms with Crippen molar-refractivity contribution in [2.45, 2.75) is 51.8 Å². The standard InChI is InChI=1S/C15H24N2O2/c1-11(2)15(3,18)10-19-14-7-6-13(17-9-14)8-16-12-4-5-12/h6-7,9,11-12,16,18H,4-5,8,10H2,1-3H3. The van der Waals surface area contributed by atoms with Crippen molar-refractivity contribution in [1.29, 1.82) is 0 Å². The fourth-order valence-corrected chi connectivity index (χ4v) is 1.53. The van der Waals surface area contributed by atoms with Crippen molar-refractivity contribution >= 4 is 0 Å². The van der Waals surface area contributed by atoms with Crippen LogP contribution in [0.2, 0.25) is 0 Å². The number of aromatic nitrogens is 1. The second kappa shape index (κ2) is 5.88. The molecule has 1 heterocycles. The third kappa shape index (κ3) is 4.48. The van der Waals surface area contributed by atoms with Gasteiger partial charge in [0.2, 0.25) is 0 Å². The number of hydrogen-bond acceptors (Lipinski definition) is 4. The van der Waals surface area contributed by atoms with E-state index >= 15 is 0 Å². The molecule has 1 unspecified atom stereocenters. The van der Waals surface area contributed by atoms with E-state index in [0.717, 1.165) is 12.2 Å². The predicted molar refractivity (Wildman–Crippen MR) is 75.1 cm³/mol. The average molecular weight is 264 g/mol. The Morgan fingerprint density at radius 2 is 2.21 bits per heavy atom. The van der Waals surface area contributed by atoms with Gasteiger partial charge >= 0.3 is 0 Å². The molecule has 0 spiro atoms. The van der Waals surface area contributed by atoms with E-state index in [9.17, 15) is 5.11 Å². The lowest BCUT2D eigenvalue weighted by Gasteiger charge is -2.27. The van der Waals surface area contributed by atoms with E-state index in [1.54, 1.807) is 13.1 Å². The summed E-state index contributed by atoms with van der Waals surface area (Å²) in [6, 6.07) is 4.57. The van der Waals surface area contributed by atoms with Gasteiger partial charge in [-0.1, -0.05) is 13.8 Å². The Morgan fingerprint density at radius 1 is 1.47 bits per heavy atom. The highest BCUT2D eigenvalue weighted by Gasteiger charge is 2.25. The molecular weight excluding hydrogens is 240 g/mol. The molecule has 0 bridgehead atoms. The first-order chi connectivity index (χ1) is 8.97. The molecule has 1 aliphatic carbocycles. The highest BCUT2D eigenvalue weighted by molar-refractivity contribution is 5.20. The zero-order chi connectivity index (χ0) is 13.9. The summed E-state index contributed by atoms with van der Waals surface area (Å²) < 4.78 is 5.59. The fourth-order valence-electron chi connectivity index (χ4n) is 1.53. The SMILES string of the molecule is CC(C)C(C)(O)COc1ccc(CNC2CC2)nc1. The van der Waals surface area contributed by atoms with Gasteiger partial charge in [-0.05, 0) is 37.8 Å². The first-order valence-electron chi connectivity index (χ1n) is 7.01. The summed E-state index contributed by atoms with van der Waals surface area (Å²) in [6.45, 7) is 6.85. The van der Waals surface area contributed by atoms with Crippen molar-refractivity contribution in [1.82, 2.24) is 10.3 Å². The number of ether oxygens (including phenoxy) is 1. The molecule has 0 aliphatic heterocycles. The van der Waals surface area contributed by atoms with E-state index in [2.05, 4.69) is 10.3 Å². The summed E-state index contributed by atoms with van der Waals surface area (Å²) in [5.74, 6) is 0.860. The van der Waals surface area contributed by atoms with Gasteiger partial charge in [0.1, 0.15) is 12.4 Å². The Hall–Kier alpha value is -1.13. The molecule has 19 heavy (non-hydrogen) atoms. The van der Waals surface area contributed by atoms with E-state index in [-0.39, 0.29) is 12.5 Å². The molecule has 0 radical (unpaired) electrons. The van der Waals surface area contributed by atoms with Crippen molar-refractivity contribution < 1.29 is 9.84 Å². The Bertz CT molecular complexity index is 397. The maximum absolute atomic E-state index is 10.1. The van der Waals surface area contributed by atoms with Gasteiger partial charge < -0.3 is 15.2 Å². The van der Waals surface area contributed by atoms with Crippen LogP contribution in [0.3, 0.4) is 0 Å². The van der Waals surface area contributed by atoms with Crippen molar-refractivity contribution in [3.63, 3.8) is 0 Å². The number of nitrogens with one attached hydrogen (secondary N) is 1. The number of hydrogen-bond donors (Lipinski definition) is 2. The summed E-state index contributed by atoms with van der Waals surface area (Å²) >= 11 is 0. The van der Waals surface area contributed by atoms with Crippen LogP contribution in [0.15, 0.2) is 18.3 Å². The Morgan fingerprint density at radius 3 is 2.74 bits per heavy atom. The molecule has 1 aliphatic rings. The van der Waals surface area contributed by atoms with Crippen LogP contribution < -0.4 is 10.1 Å². The van der Waals surface area contributed by atoms with E-state index in [0.29, 0.717) is 11.8 Å². The molecule has 1 saturated carbocycles. The van der Waals surface area contributed by atoms with Crippen LogP contribution in [0.25, 0.3) is 0 Å². The van der Waals surface area contributed by atoms with Crippen molar-refractivity contribution in [3.8, 4) is 5.75 Å². The van der Waals surface area contributed by atoms with Gasteiger partial charge in [-0.3, -0.25) is 4.98 Å². The lowest BCUT2D eigenvalue weighted by atomic mass is 9.94. The summed E-state index contributed by atoms with van der Waals surface area (Å²) in [5.41, 5.74) is 0.210. The Balaban J connectivity index is 1.80. The lowest BCUT2D eigenvalue weighted by Crippen LogP contribution is -2.37. The van der Waals surface area contributed by atoms with Gasteiger partial charge in [0.15, 0.2) is 0 Å². The van der Waals surface area contributed by atoms with E-state index in [4.69, 9.17) is 4.74 Å². The number of nitrogens with zero attached hydrogens (tertiary/aromatic N) is 1. The lowest BCUT2D eigenvalue weighted by molar-refractivity contribution is -0.0267. The molecule has 2 N–H and O–H groups in total. The molecule has 106 valence electrons. The third-order valence-corrected chi connectivity index (χ3v) is 3.72. The van der Waals surface area contributed by atoms with Crippen LogP contribution in [0.5, 0.6) is 5.75 Å². The second-order valence-electron chi connectivity index (χ2n) is 5.94. The minimum absolute atomic E-state index is 0.155. The van der Waals surface area contributed by atoms with Gasteiger partial charge in [-0.15, -0.1) is 0 Å². The molecule has 4 heteroatoms. The molecular formula is C15H24N2O2. The van der Waals surface area contributed by atoms with E-state index in [1.165, 1.54) is 12.8 Å². The van der Waals surface area contributed by atoms with Crippen LogP contribution in [-0.2, 0) is 6.54 Å². The first-order valence-corrected chi connectivity index (χ1v) is 7.01. The van der Waals surface area contributed by atoms with Crippen LogP contribution in [0.1, 0.15) is 39.3 Å². The number of rotatable bonds is 7. The molecule has 1 aromatic heterocycles. The Labute approximate surface area is 115 Å². The van der Waals surface area contributed by atoms with Gasteiger partial charge in [0.25, 0.3) is 0 Å². The number of pyridine rings is 1. The third-order valence-electron chi connectivity index (χ3n) is 3.72. The van der Waals surface area contributed by atoms with Crippen molar-refractivity contribution in [2.75, 3.05) is 6.61 Å². The summed E-state index contributed by atoms with van der Waals surface area (Å²) in [4.78, 5) is 4.35. The Kier molecular flexibility index (Phi) is 4.42. The molecule has 2 rings (SSSR count). The van der Waals surface area contributed by atoms with Crippen LogP contribution >= 0.6 is 0 Å². The molecule has 1 aromatic rings. The number of aliphatic hydroxyl groups is 1. The molecule has 0 saturated heterocycles. The van der Waals surface area contributed by atoms with Gasteiger partial charge in [0.05, 0.1) is 17.5 Å². The first kappa shape index (κ1) is 14.3. The minimum atomic E-state index is -0.813. The minimum Gasteiger partial charge on any atom is -0.489 e. The highest BCUT2D eigenvalue weighted by atomic mass is 16.5. The maximum Gasteiger partial charge on any atom is 0.137 e. The van der Waals surface area contributed by atoms with Crippen LogP contribution in [0, 0.1) is 5.92 Å². The summed E-state index contributed by atoms with van der Waals surface area (Å²) in [6.07, 6.45) is 4.29. The quantitative estimate of drug-likeness (QED) is 0.792. The average Bonchev–Trinajstić information content (AvgIpc) is 3.19. The van der Waals surface area contributed by atoms with Crippen LogP contribution in [0.4, 0.5) is 0 Å². The fraction of sp³-hybridized carbons (Fsp3) is 0.667. The summed E-state index contributed by atoms with van der Waals surface area (Å²) in [7, 11) is 0. The normalized spacial score (nSPS) is 18.4. The topological polar surface area (TPSA) is 54.4 Å². The second-order valence-corrected chi connectivity index (χ2v) is 5.94. The molecule has 1 fully saturated rings. The smallest absolute Gasteiger partial charge is 0.137 e. The summed E-state index contributed by atoms with van der Waals surface area (Å²) in [5, 5.41) is 13.5. The van der Waals surface area contributed by atoms with Gasteiger partial charge in [-0.2, -0.15) is 0 Å². The zero-order valence-electron chi connectivity index (χ0n) is 12.0. The predicted octanol–water partition coefficient (Wildman–Crippen LogP) is 2.12. The van der Waals surface area contributed by atoms with Gasteiger partial charge in [-0.25, -0.2) is 0 Å². The van der Waals surface area contributed by atoms with Crippen LogP contribution in [-0.4, -0.2) is 28.3 Å². The molecule has 0 aromatic carbocycles. The van der Waals surface area contributed by atoms with Crippen molar-refractivity contribution in [2.24, 2.45) is 5.92 Å². The van der Waals surface area contributed by atoms with Gasteiger partial charge in [0, 0.05) is 12.6 Å². The monoisotopic (exact) mass is 264 g/mol. The van der Waals surface area contributed by atoms with E-state index in [1.807, 2.05) is 26.0 Å². The zero-order valence-corrected chi connectivity index (χ0v) is 12.0. The van der Waals surface area contributed by atoms with Crippen molar-refractivity contribution in [3.05, 3.63) is 24.0 Å². The molecule has 1 atom stereocenters.